The summed E-state index contributed by atoms with van der Waals surface area (Å²) in [6.45, 7) is 3.57. The summed E-state index contributed by atoms with van der Waals surface area (Å²) in [7, 11) is 0. The minimum Gasteiger partial charge on any atom is -0.460 e. The third-order valence-electron chi connectivity index (χ3n) is 3.50. The van der Waals surface area contributed by atoms with E-state index in [1.54, 1.807) is 18.7 Å². The molecule has 0 bridgehead atoms. The zero-order valence-corrected chi connectivity index (χ0v) is 14.3. The summed E-state index contributed by atoms with van der Waals surface area (Å²) < 4.78 is 5.53. The maximum Gasteiger partial charge on any atom is 0.322 e. The van der Waals surface area contributed by atoms with Crippen LogP contribution >= 0.6 is 11.8 Å². The Balaban J connectivity index is 2.10. The molecule has 0 unspecified atom stereocenters. The molecule has 3 nitrogen and oxygen atoms in total. The summed E-state index contributed by atoms with van der Waals surface area (Å²) in [5.74, 6) is 0.499. The lowest BCUT2D eigenvalue weighted by Gasteiger charge is -2.25. The molecule has 0 saturated heterocycles. The number of rotatable bonds is 7. The SMILES string of the molecule is C[C@H](N)C(=O)O[C@@H](C)[C@H](SCc1ccccc1)c1ccccc1. The highest BCUT2D eigenvalue weighted by Gasteiger charge is 2.24. The molecule has 0 heterocycles. The summed E-state index contributed by atoms with van der Waals surface area (Å²) >= 11 is 1.77. The Labute approximate surface area is 142 Å². The molecule has 23 heavy (non-hydrogen) atoms. The van der Waals surface area contributed by atoms with Crippen molar-refractivity contribution in [2.24, 2.45) is 5.73 Å². The molecule has 0 aliphatic heterocycles. The monoisotopic (exact) mass is 329 g/mol. The number of hydrogen-bond acceptors (Lipinski definition) is 4. The largest absolute Gasteiger partial charge is 0.460 e. The molecular formula is C19H23NO2S. The van der Waals surface area contributed by atoms with Gasteiger partial charge in [-0.2, -0.15) is 0 Å². The van der Waals surface area contributed by atoms with Crippen LogP contribution < -0.4 is 5.73 Å². The quantitative estimate of drug-likeness (QED) is 0.782. The standard InChI is InChI=1S/C19H23NO2S/c1-14(20)19(21)22-15(2)18(17-11-7-4-8-12-17)23-13-16-9-5-3-6-10-16/h3-12,14-15,18H,13,20H2,1-2H3/t14-,15-,18-/m0/s1. The van der Waals surface area contributed by atoms with Crippen molar-refractivity contribution in [1.29, 1.82) is 0 Å². The van der Waals surface area contributed by atoms with E-state index in [1.165, 1.54) is 5.56 Å². The van der Waals surface area contributed by atoms with Gasteiger partial charge in [0.15, 0.2) is 0 Å². The summed E-state index contributed by atoms with van der Waals surface area (Å²) in [6.07, 6.45) is -0.246. The number of hydrogen-bond donors (Lipinski definition) is 1. The van der Waals surface area contributed by atoms with E-state index in [-0.39, 0.29) is 17.3 Å². The van der Waals surface area contributed by atoms with Crippen molar-refractivity contribution in [3.8, 4) is 0 Å². The van der Waals surface area contributed by atoms with Crippen LogP contribution in [0.4, 0.5) is 0 Å². The Kier molecular flexibility index (Phi) is 6.68. The fourth-order valence-electron chi connectivity index (χ4n) is 2.26. The number of esters is 1. The molecule has 2 N–H and O–H groups in total. The summed E-state index contributed by atoms with van der Waals surface area (Å²) in [6, 6.07) is 19.8. The van der Waals surface area contributed by atoms with E-state index in [9.17, 15) is 4.79 Å². The predicted molar refractivity (Wildman–Crippen MR) is 96.1 cm³/mol. The van der Waals surface area contributed by atoms with E-state index in [0.29, 0.717) is 0 Å². The van der Waals surface area contributed by atoms with Crippen molar-refractivity contribution >= 4 is 17.7 Å². The van der Waals surface area contributed by atoms with Crippen molar-refractivity contribution in [3.63, 3.8) is 0 Å². The van der Waals surface area contributed by atoms with Gasteiger partial charge in [0.2, 0.25) is 0 Å². The van der Waals surface area contributed by atoms with E-state index in [1.807, 2.05) is 43.3 Å². The fourth-order valence-corrected chi connectivity index (χ4v) is 3.50. The van der Waals surface area contributed by atoms with Gasteiger partial charge in [-0.15, -0.1) is 11.8 Å². The van der Waals surface area contributed by atoms with E-state index in [0.717, 1.165) is 11.3 Å². The topological polar surface area (TPSA) is 52.3 Å². The predicted octanol–water partition coefficient (Wildman–Crippen LogP) is 3.94. The Hall–Kier alpha value is -1.78. The second kappa shape index (κ2) is 8.75. The molecule has 2 aromatic carbocycles. The average Bonchev–Trinajstić information content (AvgIpc) is 2.57. The molecule has 0 aliphatic carbocycles. The average molecular weight is 329 g/mol. The van der Waals surface area contributed by atoms with Crippen molar-refractivity contribution in [3.05, 3.63) is 71.8 Å². The normalized spacial score (nSPS) is 14.7. The van der Waals surface area contributed by atoms with Gasteiger partial charge in [-0.1, -0.05) is 60.7 Å². The second-order valence-electron chi connectivity index (χ2n) is 5.56. The first-order valence-corrected chi connectivity index (χ1v) is 8.79. The number of nitrogens with two attached hydrogens (primary N) is 1. The zero-order valence-electron chi connectivity index (χ0n) is 13.5. The van der Waals surface area contributed by atoms with Gasteiger partial charge in [-0.3, -0.25) is 4.79 Å². The minimum atomic E-state index is -0.604. The zero-order chi connectivity index (χ0) is 16.7. The molecule has 0 aromatic heterocycles. The van der Waals surface area contributed by atoms with Crippen LogP contribution in [0.15, 0.2) is 60.7 Å². The van der Waals surface area contributed by atoms with Crippen LogP contribution in [0.2, 0.25) is 0 Å². The number of benzene rings is 2. The lowest BCUT2D eigenvalue weighted by Crippen LogP contribution is -2.33. The molecule has 122 valence electrons. The highest BCUT2D eigenvalue weighted by Crippen LogP contribution is 2.36. The Bertz CT molecular complexity index is 601. The lowest BCUT2D eigenvalue weighted by molar-refractivity contribution is -0.149. The first-order chi connectivity index (χ1) is 11.1. The van der Waals surface area contributed by atoms with E-state index < -0.39 is 6.04 Å². The third-order valence-corrected chi connectivity index (χ3v) is 5.02. The molecule has 4 heteroatoms. The molecule has 3 atom stereocenters. The first-order valence-electron chi connectivity index (χ1n) is 7.74. The summed E-state index contributed by atoms with van der Waals surface area (Å²) in [5.41, 5.74) is 8.01. The van der Waals surface area contributed by atoms with E-state index in [2.05, 4.69) is 24.3 Å². The lowest BCUT2D eigenvalue weighted by atomic mass is 10.1. The second-order valence-corrected chi connectivity index (χ2v) is 6.69. The molecule has 0 aliphatic rings. The Morgan fingerprint density at radius 2 is 1.61 bits per heavy atom. The van der Waals surface area contributed by atoms with E-state index >= 15 is 0 Å². The third kappa shape index (κ3) is 5.41. The van der Waals surface area contributed by atoms with Gasteiger partial charge in [-0.05, 0) is 25.0 Å². The number of thioether (sulfide) groups is 1. The Morgan fingerprint density at radius 1 is 1.04 bits per heavy atom. The van der Waals surface area contributed by atoms with Gasteiger partial charge in [0, 0.05) is 5.75 Å². The van der Waals surface area contributed by atoms with Crippen molar-refractivity contribution in [1.82, 2.24) is 0 Å². The van der Waals surface area contributed by atoms with Crippen LogP contribution in [-0.4, -0.2) is 18.1 Å². The van der Waals surface area contributed by atoms with Gasteiger partial charge in [0.05, 0.1) is 5.25 Å². The number of ether oxygens (including phenoxy) is 1. The maximum absolute atomic E-state index is 11.8. The molecule has 0 saturated carbocycles. The van der Waals surface area contributed by atoms with Crippen LogP contribution in [0.1, 0.15) is 30.2 Å². The number of carbonyl (C=O) groups excluding carboxylic acids is 1. The molecule has 0 radical (unpaired) electrons. The molecule has 0 amide bonds. The van der Waals surface area contributed by atoms with Gasteiger partial charge in [0.25, 0.3) is 0 Å². The highest BCUT2D eigenvalue weighted by atomic mass is 32.2. The molecular weight excluding hydrogens is 306 g/mol. The van der Waals surface area contributed by atoms with Crippen molar-refractivity contribution in [2.75, 3.05) is 0 Å². The van der Waals surface area contributed by atoms with Gasteiger partial charge >= 0.3 is 5.97 Å². The van der Waals surface area contributed by atoms with Crippen LogP contribution in [0.25, 0.3) is 0 Å². The minimum absolute atomic E-state index is 0.0686. The van der Waals surface area contributed by atoms with Crippen molar-refractivity contribution in [2.45, 2.75) is 37.0 Å². The van der Waals surface area contributed by atoms with Gasteiger partial charge in [0.1, 0.15) is 12.1 Å². The van der Waals surface area contributed by atoms with Crippen LogP contribution in [0.3, 0.4) is 0 Å². The number of carbonyl (C=O) groups is 1. The van der Waals surface area contributed by atoms with Gasteiger partial charge in [-0.25, -0.2) is 0 Å². The van der Waals surface area contributed by atoms with Gasteiger partial charge < -0.3 is 10.5 Å². The maximum atomic E-state index is 11.8. The molecule has 0 fully saturated rings. The van der Waals surface area contributed by atoms with Crippen molar-refractivity contribution < 1.29 is 9.53 Å². The van der Waals surface area contributed by atoms with Crippen LogP contribution in [-0.2, 0) is 15.3 Å². The molecule has 2 rings (SSSR count). The van der Waals surface area contributed by atoms with Crippen LogP contribution in [0, 0.1) is 0 Å². The van der Waals surface area contributed by atoms with Crippen LogP contribution in [0.5, 0.6) is 0 Å². The highest BCUT2D eigenvalue weighted by molar-refractivity contribution is 7.98. The first kappa shape index (κ1) is 17.6. The Morgan fingerprint density at radius 3 is 2.17 bits per heavy atom. The van der Waals surface area contributed by atoms with E-state index in [4.69, 9.17) is 10.5 Å². The summed E-state index contributed by atoms with van der Waals surface area (Å²) in [4.78, 5) is 11.8. The smallest absolute Gasteiger partial charge is 0.322 e. The molecule has 0 spiro atoms. The fraction of sp³-hybridized carbons (Fsp3) is 0.316. The summed E-state index contributed by atoms with van der Waals surface area (Å²) in [5, 5.41) is 0.0686. The molecule has 2 aromatic rings.